The van der Waals surface area contributed by atoms with Gasteiger partial charge in [-0.1, -0.05) is 44.2 Å². The number of benzene rings is 2. The van der Waals surface area contributed by atoms with E-state index in [9.17, 15) is 4.79 Å². The first kappa shape index (κ1) is 20.7. The van der Waals surface area contributed by atoms with Crippen LogP contribution in [-0.2, 0) is 0 Å². The largest absolute Gasteiger partial charge is 0.340 e. The lowest BCUT2D eigenvalue weighted by atomic mass is 9.97. The summed E-state index contributed by atoms with van der Waals surface area (Å²) in [5.74, 6) is 2.33. The zero-order valence-electron chi connectivity index (χ0n) is 18.5. The number of ketones is 1. The number of carbonyl (C=O) groups is 1. The van der Waals surface area contributed by atoms with Crippen molar-refractivity contribution in [2.24, 2.45) is 0 Å². The third-order valence-corrected chi connectivity index (χ3v) is 6.82. The Balaban J connectivity index is 1.61. The van der Waals surface area contributed by atoms with Crippen LogP contribution in [0.5, 0.6) is 0 Å². The molecule has 32 heavy (non-hydrogen) atoms. The normalized spacial score (nSPS) is 13.4. The molecule has 5 rings (SSSR count). The van der Waals surface area contributed by atoms with Crippen LogP contribution in [0.2, 0.25) is 0 Å². The lowest BCUT2D eigenvalue weighted by Crippen LogP contribution is -2.08. The van der Waals surface area contributed by atoms with Gasteiger partial charge in [0.15, 0.2) is 5.78 Å². The third-order valence-electron chi connectivity index (χ3n) is 5.75. The van der Waals surface area contributed by atoms with E-state index in [4.69, 9.17) is 9.97 Å². The number of fused-ring (bicyclic) bond motifs is 1. The number of nitrogens with one attached hydrogen (secondary N) is 1. The molecule has 1 aliphatic heterocycles. The van der Waals surface area contributed by atoms with Crippen molar-refractivity contribution in [2.45, 2.75) is 38.0 Å². The van der Waals surface area contributed by atoms with Gasteiger partial charge in [-0.2, -0.15) is 0 Å². The second-order valence-electron chi connectivity index (χ2n) is 8.48. The van der Waals surface area contributed by atoms with E-state index >= 15 is 0 Å². The number of hydrogen-bond acceptors (Lipinski definition) is 4. The Morgan fingerprint density at radius 1 is 0.938 bits per heavy atom. The summed E-state index contributed by atoms with van der Waals surface area (Å²) in [6, 6.07) is 20.6. The van der Waals surface area contributed by atoms with Gasteiger partial charge in [-0.25, -0.2) is 4.98 Å². The van der Waals surface area contributed by atoms with Crippen molar-refractivity contribution in [1.29, 1.82) is 0 Å². The van der Waals surface area contributed by atoms with E-state index in [2.05, 4.69) is 55.2 Å². The monoisotopic (exact) mass is 439 g/mol. The highest BCUT2D eigenvalue weighted by Gasteiger charge is 2.20. The summed E-state index contributed by atoms with van der Waals surface area (Å²) < 4.78 is 0. The number of pyridine rings is 1. The van der Waals surface area contributed by atoms with Crippen molar-refractivity contribution in [3.8, 4) is 33.8 Å². The SMILES string of the molecule is Cc1cccc(-c2[nH]c(C(C)C)nc2-c2cccc(-c3ccc4c(c3)C(=O)CCS4)c2)n1. The predicted molar refractivity (Wildman–Crippen MR) is 131 cm³/mol. The summed E-state index contributed by atoms with van der Waals surface area (Å²) in [7, 11) is 0. The van der Waals surface area contributed by atoms with Gasteiger partial charge in [0.05, 0.1) is 17.1 Å². The maximum absolute atomic E-state index is 12.4. The fourth-order valence-corrected chi connectivity index (χ4v) is 5.03. The van der Waals surface area contributed by atoms with Crippen molar-refractivity contribution in [2.75, 3.05) is 5.75 Å². The summed E-state index contributed by atoms with van der Waals surface area (Å²) in [5.41, 5.74) is 7.70. The number of carbonyl (C=O) groups excluding carboxylic acids is 1. The van der Waals surface area contributed by atoms with E-state index in [0.29, 0.717) is 6.42 Å². The first-order valence-corrected chi connectivity index (χ1v) is 11.9. The van der Waals surface area contributed by atoms with Crippen LogP contribution >= 0.6 is 11.8 Å². The molecule has 3 heterocycles. The van der Waals surface area contributed by atoms with Crippen molar-refractivity contribution < 1.29 is 4.79 Å². The van der Waals surface area contributed by atoms with Crippen molar-refractivity contribution in [3.63, 3.8) is 0 Å². The molecule has 1 N–H and O–H groups in total. The molecule has 0 fully saturated rings. The fourth-order valence-electron chi connectivity index (χ4n) is 4.03. The number of H-pyrrole nitrogens is 1. The Labute approximate surface area is 192 Å². The Morgan fingerprint density at radius 2 is 1.72 bits per heavy atom. The van der Waals surface area contributed by atoms with E-state index in [1.165, 1.54) is 0 Å². The average molecular weight is 440 g/mol. The second kappa shape index (κ2) is 8.40. The molecule has 0 saturated heterocycles. The zero-order valence-corrected chi connectivity index (χ0v) is 19.3. The molecule has 0 unspecified atom stereocenters. The molecule has 2 aromatic carbocycles. The first-order valence-electron chi connectivity index (χ1n) is 10.9. The molecule has 2 aromatic heterocycles. The molecule has 4 aromatic rings. The van der Waals surface area contributed by atoms with E-state index in [0.717, 1.165) is 61.5 Å². The highest BCUT2D eigenvalue weighted by Crippen LogP contribution is 2.36. The fraction of sp³-hybridized carbons (Fsp3) is 0.222. The minimum atomic E-state index is 0.235. The van der Waals surface area contributed by atoms with Gasteiger partial charge in [-0.15, -0.1) is 11.8 Å². The van der Waals surface area contributed by atoms with Gasteiger partial charge in [0.2, 0.25) is 0 Å². The highest BCUT2D eigenvalue weighted by atomic mass is 32.2. The van der Waals surface area contributed by atoms with Crippen LogP contribution in [0.3, 0.4) is 0 Å². The molecule has 0 aliphatic carbocycles. The molecule has 0 saturated carbocycles. The molecular weight excluding hydrogens is 414 g/mol. The van der Waals surface area contributed by atoms with Crippen LogP contribution in [0.4, 0.5) is 0 Å². The maximum atomic E-state index is 12.4. The van der Waals surface area contributed by atoms with E-state index in [1.807, 2.05) is 31.2 Å². The molecular formula is C27H25N3OS. The van der Waals surface area contributed by atoms with Crippen molar-refractivity contribution in [1.82, 2.24) is 15.0 Å². The van der Waals surface area contributed by atoms with Gasteiger partial charge < -0.3 is 4.98 Å². The first-order chi connectivity index (χ1) is 15.5. The lowest BCUT2D eigenvalue weighted by molar-refractivity contribution is 0.0985. The summed E-state index contributed by atoms with van der Waals surface area (Å²) in [5, 5.41) is 0. The summed E-state index contributed by atoms with van der Waals surface area (Å²) >= 11 is 1.76. The minimum absolute atomic E-state index is 0.235. The lowest BCUT2D eigenvalue weighted by Gasteiger charge is -2.15. The number of rotatable bonds is 4. The molecule has 4 nitrogen and oxygen atoms in total. The highest BCUT2D eigenvalue weighted by molar-refractivity contribution is 7.99. The van der Waals surface area contributed by atoms with Crippen LogP contribution in [0, 0.1) is 6.92 Å². The molecule has 1 aliphatic rings. The van der Waals surface area contributed by atoms with Crippen molar-refractivity contribution >= 4 is 17.5 Å². The van der Waals surface area contributed by atoms with Crippen LogP contribution in [0.1, 0.15) is 48.1 Å². The maximum Gasteiger partial charge on any atom is 0.164 e. The van der Waals surface area contributed by atoms with Crippen molar-refractivity contribution in [3.05, 3.63) is 77.7 Å². The molecule has 160 valence electrons. The smallest absolute Gasteiger partial charge is 0.164 e. The molecule has 5 heteroatoms. The molecule has 0 spiro atoms. The quantitative estimate of drug-likeness (QED) is 0.375. The molecule has 0 bridgehead atoms. The van der Waals surface area contributed by atoms with Gasteiger partial charge in [0.1, 0.15) is 5.82 Å². The standard InChI is InChI=1S/C27H25N3OS/c1-16(2)27-29-25(26(30-27)22-9-4-6-17(3)28-22)20-8-5-7-18(14-20)19-10-11-24-21(15-19)23(31)12-13-32-24/h4-11,14-16H,12-13H2,1-3H3,(H,29,30). The Hall–Kier alpha value is -3.18. The Morgan fingerprint density at radius 3 is 2.53 bits per heavy atom. The number of aromatic amines is 1. The Bertz CT molecular complexity index is 1320. The molecule has 0 atom stereocenters. The van der Waals surface area contributed by atoms with Crippen LogP contribution in [0.15, 0.2) is 65.6 Å². The van der Waals surface area contributed by atoms with Gasteiger partial charge >= 0.3 is 0 Å². The number of imidazole rings is 1. The summed E-state index contributed by atoms with van der Waals surface area (Å²) in [4.78, 5) is 26.7. The topological polar surface area (TPSA) is 58.6 Å². The van der Waals surface area contributed by atoms with Crippen LogP contribution < -0.4 is 0 Å². The average Bonchev–Trinajstić information content (AvgIpc) is 3.25. The number of Topliss-reactive ketones (excluding diaryl/α,β-unsaturated/α-hetero) is 1. The van der Waals surface area contributed by atoms with E-state index < -0.39 is 0 Å². The zero-order chi connectivity index (χ0) is 22.2. The van der Waals surface area contributed by atoms with Crippen LogP contribution in [0.25, 0.3) is 33.8 Å². The minimum Gasteiger partial charge on any atom is -0.340 e. The van der Waals surface area contributed by atoms with Gasteiger partial charge in [0.25, 0.3) is 0 Å². The summed E-state index contributed by atoms with van der Waals surface area (Å²) in [6.45, 7) is 6.27. The summed E-state index contributed by atoms with van der Waals surface area (Å²) in [6.07, 6.45) is 0.610. The molecule has 0 radical (unpaired) electrons. The van der Waals surface area contributed by atoms with E-state index in [-0.39, 0.29) is 11.7 Å². The van der Waals surface area contributed by atoms with Gasteiger partial charge in [-0.3, -0.25) is 9.78 Å². The number of hydrogen-bond donors (Lipinski definition) is 1. The number of aryl methyl sites for hydroxylation is 1. The van der Waals surface area contributed by atoms with E-state index in [1.54, 1.807) is 11.8 Å². The number of aromatic nitrogens is 3. The third kappa shape index (κ3) is 3.89. The van der Waals surface area contributed by atoms with Crippen LogP contribution in [-0.4, -0.2) is 26.5 Å². The Kier molecular flexibility index (Phi) is 5.43. The van der Waals surface area contributed by atoms with Gasteiger partial charge in [0, 0.05) is 39.8 Å². The molecule has 0 amide bonds. The number of thioether (sulfide) groups is 1. The second-order valence-corrected chi connectivity index (χ2v) is 9.61. The predicted octanol–water partition coefficient (Wildman–Crippen LogP) is 6.92. The number of nitrogens with zero attached hydrogens (tertiary/aromatic N) is 2. The van der Waals surface area contributed by atoms with Gasteiger partial charge in [-0.05, 0) is 48.4 Å².